The largest absolute Gasteiger partial charge is 0.321 e. The monoisotopic (exact) mass is 300 g/mol. The second-order valence-corrected chi connectivity index (χ2v) is 6.37. The number of nitrogens with one attached hydrogen (secondary N) is 1. The number of hydrogen-bond donors (Lipinski definition) is 1. The molecule has 0 bridgehead atoms. The summed E-state index contributed by atoms with van der Waals surface area (Å²) in [6.45, 7) is 6.19. The fraction of sp³-hybridized carbons (Fsp3) is 0.267. The molecule has 0 radical (unpaired) electrons. The standard InChI is InChI=1S/C15H16N4OS/c1-9(2)11-4-6-12(7-5-11)16-14(20)13-8-19-15(17-13)21-10(3)18-19/h4-9H,1-3H3,(H,16,20). The number of rotatable bonds is 3. The third-order valence-corrected chi connectivity index (χ3v) is 4.05. The van der Waals surface area contributed by atoms with Gasteiger partial charge in [-0.05, 0) is 30.5 Å². The van der Waals surface area contributed by atoms with Crippen LogP contribution in [0.5, 0.6) is 0 Å². The van der Waals surface area contributed by atoms with Crippen molar-refractivity contribution in [2.45, 2.75) is 26.7 Å². The lowest BCUT2D eigenvalue weighted by Gasteiger charge is -2.07. The highest BCUT2D eigenvalue weighted by Crippen LogP contribution is 2.18. The number of aromatic nitrogens is 3. The van der Waals surface area contributed by atoms with Crippen LogP contribution < -0.4 is 5.32 Å². The Balaban J connectivity index is 1.77. The van der Waals surface area contributed by atoms with E-state index in [1.165, 1.54) is 16.9 Å². The quantitative estimate of drug-likeness (QED) is 0.805. The molecule has 0 atom stereocenters. The van der Waals surface area contributed by atoms with Gasteiger partial charge in [0.15, 0.2) is 0 Å². The molecule has 5 nitrogen and oxygen atoms in total. The molecular weight excluding hydrogens is 284 g/mol. The fourth-order valence-corrected chi connectivity index (χ4v) is 2.78. The maximum Gasteiger partial charge on any atom is 0.275 e. The Morgan fingerprint density at radius 2 is 2.00 bits per heavy atom. The first-order valence-electron chi connectivity index (χ1n) is 6.77. The van der Waals surface area contributed by atoms with Crippen molar-refractivity contribution >= 4 is 27.9 Å². The highest BCUT2D eigenvalue weighted by molar-refractivity contribution is 7.16. The molecule has 0 saturated heterocycles. The van der Waals surface area contributed by atoms with Gasteiger partial charge in [0.25, 0.3) is 5.91 Å². The van der Waals surface area contributed by atoms with Crippen LogP contribution in [0.1, 0.15) is 40.8 Å². The summed E-state index contributed by atoms with van der Waals surface area (Å²) in [7, 11) is 0. The smallest absolute Gasteiger partial charge is 0.275 e. The lowest BCUT2D eigenvalue weighted by molar-refractivity contribution is 0.102. The minimum absolute atomic E-state index is 0.220. The van der Waals surface area contributed by atoms with Gasteiger partial charge in [0.05, 0.1) is 6.20 Å². The van der Waals surface area contributed by atoms with E-state index in [2.05, 4.69) is 29.2 Å². The highest BCUT2D eigenvalue weighted by Gasteiger charge is 2.13. The summed E-state index contributed by atoms with van der Waals surface area (Å²) in [5.41, 5.74) is 2.39. The van der Waals surface area contributed by atoms with E-state index in [-0.39, 0.29) is 5.91 Å². The van der Waals surface area contributed by atoms with Gasteiger partial charge in [-0.2, -0.15) is 5.10 Å². The van der Waals surface area contributed by atoms with E-state index in [0.717, 1.165) is 15.7 Å². The van der Waals surface area contributed by atoms with Crippen molar-refractivity contribution in [2.75, 3.05) is 5.32 Å². The molecule has 3 aromatic rings. The summed E-state index contributed by atoms with van der Waals surface area (Å²) in [5.74, 6) is 0.256. The normalized spacial score (nSPS) is 11.2. The molecule has 1 amide bonds. The highest BCUT2D eigenvalue weighted by atomic mass is 32.1. The number of benzene rings is 1. The van der Waals surface area contributed by atoms with Gasteiger partial charge in [0.2, 0.25) is 4.96 Å². The molecule has 108 valence electrons. The Hall–Kier alpha value is -2.21. The SMILES string of the molecule is Cc1nn2cc(C(=O)Nc3ccc(C(C)C)cc3)nc2s1. The minimum atomic E-state index is -0.220. The summed E-state index contributed by atoms with van der Waals surface area (Å²) in [5, 5.41) is 8.02. The van der Waals surface area contributed by atoms with Crippen molar-refractivity contribution in [2.24, 2.45) is 0 Å². The molecule has 0 aliphatic heterocycles. The first-order valence-corrected chi connectivity index (χ1v) is 7.58. The summed E-state index contributed by atoms with van der Waals surface area (Å²) in [6, 6.07) is 7.87. The number of aryl methyl sites for hydroxylation is 1. The van der Waals surface area contributed by atoms with Crippen molar-refractivity contribution in [1.29, 1.82) is 0 Å². The third kappa shape index (κ3) is 2.80. The van der Waals surface area contributed by atoms with Crippen LogP contribution in [0.3, 0.4) is 0 Å². The lowest BCUT2D eigenvalue weighted by Crippen LogP contribution is -2.12. The molecule has 0 unspecified atom stereocenters. The molecule has 21 heavy (non-hydrogen) atoms. The summed E-state index contributed by atoms with van der Waals surface area (Å²) in [6.07, 6.45) is 1.65. The second kappa shape index (κ2) is 5.29. The van der Waals surface area contributed by atoms with Crippen molar-refractivity contribution in [3.8, 4) is 0 Å². The Bertz CT molecular complexity index is 754. The van der Waals surface area contributed by atoms with Crippen LogP contribution >= 0.6 is 11.3 Å². The zero-order valence-electron chi connectivity index (χ0n) is 12.1. The van der Waals surface area contributed by atoms with Crippen LogP contribution in [-0.4, -0.2) is 20.5 Å². The van der Waals surface area contributed by atoms with Gasteiger partial charge in [-0.1, -0.05) is 37.3 Å². The summed E-state index contributed by atoms with van der Waals surface area (Å²) >= 11 is 1.46. The van der Waals surface area contributed by atoms with Crippen LogP contribution in [0.2, 0.25) is 0 Å². The molecule has 2 aromatic heterocycles. The van der Waals surface area contributed by atoms with Gasteiger partial charge >= 0.3 is 0 Å². The average Bonchev–Trinajstić information content (AvgIpc) is 2.96. The van der Waals surface area contributed by atoms with E-state index in [1.54, 1.807) is 10.7 Å². The molecule has 0 aliphatic carbocycles. The number of fused-ring (bicyclic) bond motifs is 1. The Morgan fingerprint density at radius 3 is 2.62 bits per heavy atom. The summed E-state index contributed by atoms with van der Waals surface area (Å²) < 4.78 is 1.64. The van der Waals surface area contributed by atoms with Crippen LogP contribution in [0.25, 0.3) is 4.96 Å². The van der Waals surface area contributed by atoms with Crippen molar-refractivity contribution in [3.63, 3.8) is 0 Å². The van der Waals surface area contributed by atoms with Gasteiger partial charge in [0.1, 0.15) is 10.7 Å². The molecule has 0 saturated carbocycles. The predicted molar refractivity (Wildman–Crippen MR) is 84.1 cm³/mol. The van der Waals surface area contributed by atoms with Crippen LogP contribution in [0.4, 0.5) is 5.69 Å². The summed E-state index contributed by atoms with van der Waals surface area (Å²) in [4.78, 5) is 17.2. The molecule has 1 N–H and O–H groups in total. The number of amides is 1. The van der Waals surface area contributed by atoms with Crippen molar-refractivity contribution in [1.82, 2.24) is 14.6 Å². The molecule has 2 heterocycles. The second-order valence-electron chi connectivity index (χ2n) is 5.21. The topological polar surface area (TPSA) is 59.3 Å². The third-order valence-electron chi connectivity index (χ3n) is 3.21. The number of nitrogens with zero attached hydrogens (tertiary/aromatic N) is 3. The molecule has 1 aromatic carbocycles. The Kier molecular flexibility index (Phi) is 3.47. The van der Waals surface area contributed by atoms with Crippen LogP contribution in [0.15, 0.2) is 30.5 Å². The van der Waals surface area contributed by atoms with Gasteiger partial charge in [-0.3, -0.25) is 4.79 Å². The number of hydrogen-bond acceptors (Lipinski definition) is 4. The molecule has 0 aliphatic rings. The van der Waals surface area contributed by atoms with Gasteiger partial charge in [-0.15, -0.1) is 0 Å². The number of carbonyl (C=O) groups is 1. The first-order chi connectivity index (χ1) is 10.0. The molecular formula is C15H16N4OS. The van der Waals surface area contributed by atoms with E-state index in [9.17, 15) is 4.79 Å². The van der Waals surface area contributed by atoms with Crippen LogP contribution in [0, 0.1) is 6.92 Å². The van der Waals surface area contributed by atoms with Gasteiger partial charge in [-0.25, -0.2) is 9.50 Å². The van der Waals surface area contributed by atoms with E-state index in [0.29, 0.717) is 11.6 Å². The molecule has 0 spiro atoms. The minimum Gasteiger partial charge on any atom is -0.321 e. The van der Waals surface area contributed by atoms with Crippen molar-refractivity contribution < 1.29 is 4.79 Å². The number of imidazole rings is 1. The zero-order valence-corrected chi connectivity index (χ0v) is 12.9. The molecule has 3 rings (SSSR count). The maximum absolute atomic E-state index is 12.2. The van der Waals surface area contributed by atoms with E-state index in [1.807, 2.05) is 31.2 Å². The van der Waals surface area contributed by atoms with E-state index in [4.69, 9.17) is 0 Å². The predicted octanol–water partition coefficient (Wildman–Crippen LogP) is 3.47. The van der Waals surface area contributed by atoms with Gasteiger partial charge in [0, 0.05) is 5.69 Å². The van der Waals surface area contributed by atoms with Gasteiger partial charge < -0.3 is 5.32 Å². The number of anilines is 1. The zero-order chi connectivity index (χ0) is 15.0. The Labute approximate surface area is 126 Å². The number of carbonyl (C=O) groups excluding carboxylic acids is 1. The fourth-order valence-electron chi connectivity index (χ4n) is 2.06. The van der Waals surface area contributed by atoms with Crippen LogP contribution in [-0.2, 0) is 0 Å². The molecule has 6 heteroatoms. The van der Waals surface area contributed by atoms with E-state index < -0.39 is 0 Å². The molecule has 0 fully saturated rings. The average molecular weight is 300 g/mol. The first kappa shape index (κ1) is 13.8. The maximum atomic E-state index is 12.2. The Morgan fingerprint density at radius 1 is 1.29 bits per heavy atom. The lowest BCUT2D eigenvalue weighted by atomic mass is 10.0. The van der Waals surface area contributed by atoms with E-state index >= 15 is 0 Å². The van der Waals surface area contributed by atoms with Crippen molar-refractivity contribution in [3.05, 3.63) is 46.7 Å².